The summed E-state index contributed by atoms with van der Waals surface area (Å²) in [7, 11) is 3.88. The highest BCUT2D eigenvalue weighted by Crippen LogP contribution is 2.56. The zero-order chi connectivity index (χ0) is 12.8. The Kier molecular flexibility index (Phi) is 2.69. The van der Waals surface area contributed by atoms with Crippen molar-refractivity contribution in [3.63, 3.8) is 0 Å². The Morgan fingerprint density at radius 1 is 1.29 bits per heavy atom. The first-order valence-corrected chi connectivity index (χ1v) is 6.04. The van der Waals surface area contributed by atoms with E-state index < -0.39 is 0 Å². The Bertz CT molecular complexity index is 428. The summed E-state index contributed by atoms with van der Waals surface area (Å²) in [5, 5.41) is 0. The number of benzene rings is 1. The van der Waals surface area contributed by atoms with Crippen LogP contribution in [-0.4, -0.2) is 19.6 Å². The van der Waals surface area contributed by atoms with E-state index in [1.807, 2.05) is 25.1 Å². The van der Waals surface area contributed by atoms with E-state index in [4.69, 9.17) is 5.73 Å². The lowest BCUT2D eigenvalue weighted by molar-refractivity contribution is 0.391. The Hall–Kier alpha value is -1.09. The molecule has 0 saturated heterocycles. The standard InChI is InChI=1S/C14H21FN2/c1-13(2,16)14(7-8-14)11-6-5-10(15)9-12(11)17(3)4/h5-6,9H,7-8,16H2,1-4H3. The minimum absolute atomic E-state index is 0.0142. The highest BCUT2D eigenvalue weighted by Gasteiger charge is 2.54. The van der Waals surface area contributed by atoms with Crippen LogP contribution in [0.4, 0.5) is 10.1 Å². The lowest BCUT2D eigenvalue weighted by atomic mass is 9.78. The second-order valence-electron chi connectivity index (χ2n) is 5.86. The summed E-state index contributed by atoms with van der Waals surface area (Å²) >= 11 is 0. The van der Waals surface area contributed by atoms with Gasteiger partial charge in [0.15, 0.2) is 0 Å². The van der Waals surface area contributed by atoms with Crippen LogP contribution in [0.5, 0.6) is 0 Å². The van der Waals surface area contributed by atoms with Gasteiger partial charge in [-0.25, -0.2) is 4.39 Å². The monoisotopic (exact) mass is 236 g/mol. The smallest absolute Gasteiger partial charge is 0.125 e. The number of rotatable bonds is 3. The van der Waals surface area contributed by atoms with Crippen LogP contribution >= 0.6 is 0 Å². The molecule has 0 unspecified atom stereocenters. The van der Waals surface area contributed by atoms with Crippen molar-refractivity contribution in [2.45, 2.75) is 37.6 Å². The van der Waals surface area contributed by atoms with E-state index in [0.717, 1.165) is 18.5 Å². The molecule has 0 aliphatic heterocycles. The first kappa shape index (κ1) is 12.4. The summed E-state index contributed by atoms with van der Waals surface area (Å²) in [6.45, 7) is 4.12. The van der Waals surface area contributed by atoms with E-state index in [-0.39, 0.29) is 16.8 Å². The van der Waals surface area contributed by atoms with Crippen molar-refractivity contribution in [2.24, 2.45) is 5.73 Å². The lowest BCUT2D eigenvalue weighted by Gasteiger charge is -2.34. The van der Waals surface area contributed by atoms with Crippen LogP contribution in [0, 0.1) is 5.82 Å². The summed E-state index contributed by atoms with van der Waals surface area (Å²) in [5.74, 6) is -0.192. The van der Waals surface area contributed by atoms with E-state index >= 15 is 0 Å². The molecule has 1 fully saturated rings. The molecular formula is C14H21FN2. The zero-order valence-electron chi connectivity index (χ0n) is 11.0. The molecule has 0 heterocycles. The Morgan fingerprint density at radius 3 is 2.29 bits per heavy atom. The fourth-order valence-electron chi connectivity index (χ4n) is 2.67. The number of nitrogens with zero attached hydrogens (tertiary/aromatic N) is 1. The topological polar surface area (TPSA) is 29.3 Å². The molecule has 3 heteroatoms. The average Bonchev–Trinajstić information content (AvgIpc) is 2.97. The Morgan fingerprint density at radius 2 is 1.88 bits per heavy atom. The molecule has 17 heavy (non-hydrogen) atoms. The van der Waals surface area contributed by atoms with Crippen molar-refractivity contribution in [1.29, 1.82) is 0 Å². The van der Waals surface area contributed by atoms with Gasteiger partial charge in [0, 0.05) is 30.7 Å². The maximum absolute atomic E-state index is 13.4. The number of anilines is 1. The molecule has 0 amide bonds. The van der Waals surface area contributed by atoms with E-state index in [0.29, 0.717) is 0 Å². The first-order chi connectivity index (χ1) is 7.78. The zero-order valence-corrected chi connectivity index (χ0v) is 11.0. The molecular weight excluding hydrogens is 215 g/mol. The SMILES string of the molecule is CN(C)c1cc(F)ccc1C1(C(C)(C)N)CC1. The molecule has 0 aromatic heterocycles. The van der Waals surface area contributed by atoms with Gasteiger partial charge in [0.05, 0.1) is 0 Å². The molecule has 94 valence electrons. The van der Waals surface area contributed by atoms with Crippen LogP contribution < -0.4 is 10.6 Å². The second-order valence-corrected chi connectivity index (χ2v) is 5.86. The van der Waals surface area contributed by atoms with Crippen molar-refractivity contribution < 1.29 is 4.39 Å². The highest BCUT2D eigenvalue weighted by atomic mass is 19.1. The fourth-order valence-corrected chi connectivity index (χ4v) is 2.67. The molecule has 1 aliphatic carbocycles. The summed E-state index contributed by atoms with van der Waals surface area (Å²) in [5.41, 5.74) is 8.17. The van der Waals surface area contributed by atoms with Gasteiger partial charge in [-0.15, -0.1) is 0 Å². The predicted octanol–water partition coefficient (Wildman–Crippen LogP) is 2.66. The summed E-state index contributed by atoms with van der Waals surface area (Å²) < 4.78 is 13.4. The molecule has 0 bridgehead atoms. The quantitative estimate of drug-likeness (QED) is 0.874. The highest BCUT2D eigenvalue weighted by molar-refractivity contribution is 5.59. The first-order valence-electron chi connectivity index (χ1n) is 6.04. The minimum atomic E-state index is -0.268. The van der Waals surface area contributed by atoms with Gasteiger partial charge in [0.25, 0.3) is 0 Å². The van der Waals surface area contributed by atoms with Crippen LogP contribution in [-0.2, 0) is 5.41 Å². The molecule has 0 spiro atoms. The van der Waals surface area contributed by atoms with Gasteiger partial charge >= 0.3 is 0 Å². The Labute approximate surface area is 103 Å². The maximum atomic E-state index is 13.4. The van der Waals surface area contributed by atoms with Gasteiger partial charge < -0.3 is 10.6 Å². The molecule has 1 aromatic rings. The molecule has 1 saturated carbocycles. The molecule has 0 atom stereocenters. The molecule has 0 radical (unpaired) electrons. The summed E-state index contributed by atoms with van der Waals surface area (Å²) in [4.78, 5) is 1.96. The van der Waals surface area contributed by atoms with Gasteiger partial charge in [0.2, 0.25) is 0 Å². The van der Waals surface area contributed by atoms with Crippen molar-refractivity contribution in [2.75, 3.05) is 19.0 Å². The van der Waals surface area contributed by atoms with Gasteiger partial charge in [0.1, 0.15) is 5.82 Å². The van der Waals surface area contributed by atoms with Crippen molar-refractivity contribution in [3.05, 3.63) is 29.6 Å². The lowest BCUT2D eigenvalue weighted by Crippen LogP contribution is -2.45. The maximum Gasteiger partial charge on any atom is 0.125 e. The fraction of sp³-hybridized carbons (Fsp3) is 0.571. The van der Waals surface area contributed by atoms with Crippen molar-refractivity contribution in [3.8, 4) is 0 Å². The van der Waals surface area contributed by atoms with E-state index in [2.05, 4.69) is 13.8 Å². The predicted molar refractivity (Wildman–Crippen MR) is 69.9 cm³/mol. The molecule has 1 aliphatic rings. The Balaban J connectivity index is 2.53. The van der Waals surface area contributed by atoms with Crippen molar-refractivity contribution >= 4 is 5.69 Å². The van der Waals surface area contributed by atoms with Crippen LogP contribution in [0.1, 0.15) is 32.3 Å². The molecule has 2 nitrogen and oxygen atoms in total. The van der Waals surface area contributed by atoms with Crippen LogP contribution in [0.25, 0.3) is 0 Å². The number of hydrogen-bond acceptors (Lipinski definition) is 2. The number of halogens is 1. The van der Waals surface area contributed by atoms with Crippen molar-refractivity contribution in [1.82, 2.24) is 0 Å². The van der Waals surface area contributed by atoms with Crippen LogP contribution in [0.2, 0.25) is 0 Å². The van der Waals surface area contributed by atoms with Gasteiger partial charge in [-0.05, 0) is 44.4 Å². The van der Waals surface area contributed by atoms with Gasteiger partial charge in [-0.2, -0.15) is 0 Å². The van der Waals surface area contributed by atoms with Crippen LogP contribution in [0.15, 0.2) is 18.2 Å². The minimum Gasteiger partial charge on any atom is -0.377 e. The third-order valence-corrected chi connectivity index (χ3v) is 3.94. The molecule has 2 rings (SSSR count). The van der Waals surface area contributed by atoms with E-state index in [9.17, 15) is 4.39 Å². The second kappa shape index (κ2) is 3.70. The number of nitrogens with two attached hydrogens (primary N) is 1. The average molecular weight is 236 g/mol. The normalized spacial score (nSPS) is 18.0. The van der Waals surface area contributed by atoms with Crippen LogP contribution in [0.3, 0.4) is 0 Å². The van der Waals surface area contributed by atoms with E-state index in [1.165, 1.54) is 11.6 Å². The number of hydrogen-bond donors (Lipinski definition) is 1. The molecule has 2 N–H and O–H groups in total. The van der Waals surface area contributed by atoms with Gasteiger partial charge in [-0.3, -0.25) is 0 Å². The third kappa shape index (κ3) is 1.93. The van der Waals surface area contributed by atoms with E-state index in [1.54, 1.807) is 6.07 Å². The summed E-state index contributed by atoms with van der Waals surface area (Å²) in [6, 6.07) is 5.03. The third-order valence-electron chi connectivity index (χ3n) is 3.94. The largest absolute Gasteiger partial charge is 0.377 e. The summed E-state index contributed by atoms with van der Waals surface area (Å²) in [6.07, 6.45) is 2.17. The van der Waals surface area contributed by atoms with Gasteiger partial charge in [-0.1, -0.05) is 6.07 Å². The molecule has 1 aromatic carbocycles.